The van der Waals surface area contributed by atoms with Gasteiger partial charge in [0, 0.05) is 119 Å². The van der Waals surface area contributed by atoms with Gasteiger partial charge in [-0.2, -0.15) is 0 Å². The van der Waals surface area contributed by atoms with Crippen LogP contribution in [0.3, 0.4) is 0 Å². The molecule has 0 amide bonds. The monoisotopic (exact) mass is 1410 g/mol. The normalized spacial score (nSPS) is 11.9. The molecular weight excluding hydrogens is 1350 g/mol. The summed E-state index contributed by atoms with van der Waals surface area (Å²) in [4.78, 5) is 30.5. The van der Waals surface area contributed by atoms with Crippen molar-refractivity contribution in [3.05, 3.63) is 352 Å². The highest BCUT2D eigenvalue weighted by molar-refractivity contribution is 7.27. The zero-order valence-electron chi connectivity index (χ0n) is 57.9. The minimum atomic E-state index is 0.654. The molecule has 0 saturated carbocycles. The Balaban J connectivity index is 0.000000135. The average molecular weight is 1410 g/mol. The number of rotatable bonds is 8. The van der Waals surface area contributed by atoms with Crippen molar-refractivity contribution in [3.8, 4) is 78.9 Å². The second-order valence-corrected chi connectivity index (χ2v) is 29.7. The van der Waals surface area contributed by atoms with Crippen molar-refractivity contribution in [2.75, 3.05) is 0 Å². The van der Waals surface area contributed by atoms with Crippen molar-refractivity contribution in [1.82, 2.24) is 39.0 Å². The summed E-state index contributed by atoms with van der Waals surface area (Å²) in [7, 11) is 0. The quantitative estimate of drug-likeness (QED) is 0.151. The van der Waals surface area contributed by atoms with Gasteiger partial charge in [0.25, 0.3) is 0 Å². The molecule has 0 aliphatic carbocycles. The minimum absolute atomic E-state index is 0.654. The molecule has 8 aromatic heterocycles. The predicted molar refractivity (Wildman–Crippen MR) is 454 cm³/mol. The van der Waals surface area contributed by atoms with Crippen molar-refractivity contribution in [2.24, 2.45) is 0 Å². The fourth-order valence-electron chi connectivity index (χ4n) is 16.6. The first-order valence-electron chi connectivity index (χ1n) is 36.3. The van der Waals surface area contributed by atoms with E-state index >= 15 is 0 Å². The molecule has 0 bridgehead atoms. The van der Waals surface area contributed by atoms with Crippen molar-refractivity contribution >= 4 is 161 Å². The molecule has 10 heteroatoms. The number of hydrogen-bond donors (Lipinski definition) is 0. The molecule has 0 N–H and O–H groups in total. The van der Waals surface area contributed by atoms with Crippen LogP contribution in [0.5, 0.6) is 0 Å². The summed E-state index contributed by atoms with van der Waals surface area (Å²) in [6.07, 6.45) is 3.64. The SMILES string of the molecule is c1cc(-c2nc(-c3ccc4ccccc4c3)c3ncccc3n2)cc(-n2c3ccccc3c3c4sc5ccccc5c4c4ccccc4c32)c1.c1ccc(-c2cc(-c3ccccc3)cc(-c3nc(-c4cccc(-n5c6ccccc6c6c7sc8ccccc8c7c7ccccc7c65)c4)nc4cccnc34)c2)cc1. The third-order valence-corrected chi connectivity index (χ3v) is 23.8. The van der Waals surface area contributed by atoms with Crippen LogP contribution < -0.4 is 0 Å². The molecule has 0 aliphatic heterocycles. The van der Waals surface area contributed by atoms with Gasteiger partial charge < -0.3 is 9.13 Å². The lowest BCUT2D eigenvalue weighted by Gasteiger charge is -2.14. The van der Waals surface area contributed by atoms with Crippen LogP contribution in [0, 0.1) is 0 Å². The van der Waals surface area contributed by atoms with Crippen LogP contribution in [0.15, 0.2) is 352 Å². The summed E-state index contributed by atoms with van der Waals surface area (Å²) in [6, 6.07) is 121. The standard InChI is InChI=1S/C53H32N4S.C45H26N4S/c1-3-15-33(16-4-1)36-29-37(34-17-5-2-6-18-34)31-38(30-36)49-50-44(25-14-28-54-50)55-53(56-49)35-19-13-20-39(32-35)57-45-26-11-9-23-42(45)48-51(57)41-22-8-7-21-40(41)47-43-24-10-12-27-46(43)58-52(47)48;1-2-12-28-25-29(23-22-27(28)11-1)41-42-36(19-10-24-46-42)47-45(48-41)30-13-9-14-31(26-30)49-37-20-7-5-17-34(37)40-43(49)33-16-4-3-15-32(33)39-35-18-6-8-21-38(35)50-44(39)40/h1-32H;1-26H. The average Bonchev–Trinajstić information content (AvgIpc) is 1.54. The van der Waals surface area contributed by atoms with Gasteiger partial charge in [-0.15, -0.1) is 22.7 Å². The molecule has 502 valence electrons. The van der Waals surface area contributed by atoms with Crippen LogP contribution >= 0.6 is 22.7 Å². The molecular formula is C98H58N8S2. The Morgan fingerprint density at radius 3 is 1.16 bits per heavy atom. The van der Waals surface area contributed by atoms with Crippen molar-refractivity contribution in [3.63, 3.8) is 0 Å². The molecule has 0 fully saturated rings. The van der Waals surface area contributed by atoms with E-state index in [0.29, 0.717) is 11.6 Å². The highest BCUT2D eigenvalue weighted by Crippen LogP contribution is 2.51. The number of para-hydroxylation sites is 2. The summed E-state index contributed by atoms with van der Waals surface area (Å²) in [6.45, 7) is 0. The van der Waals surface area contributed by atoms with Crippen molar-refractivity contribution in [1.29, 1.82) is 0 Å². The fraction of sp³-hybridized carbons (Fsp3) is 0. The van der Waals surface area contributed by atoms with E-state index < -0.39 is 0 Å². The predicted octanol–water partition coefficient (Wildman–Crippen LogP) is 26.4. The Hall–Kier alpha value is -13.9. The van der Waals surface area contributed by atoms with Crippen LogP contribution in [0.25, 0.3) is 217 Å². The Morgan fingerprint density at radius 2 is 0.648 bits per heavy atom. The third kappa shape index (κ3) is 9.88. The lowest BCUT2D eigenvalue weighted by atomic mass is 9.94. The van der Waals surface area contributed by atoms with Crippen molar-refractivity contribution < 1.29 is 0 Å². The number of aromatic nitrogens is 8. The summed E-state index contributed by atoms with van der Waals surface area (Å²) in [5, 5.41) is 17.8. The molecule has 23 rings (SSSR count). The van der Waals surface area contributed by atoms with Gasteiger partial charge in [-0.05, 0) is 141 Å². The van der Waals surface area contributed by atoms with E-state index in [9.17, 15) is 0 Å². The van der Waals surface area contributed by atoms with E-state index in [4.69, 9.17) is 29.9 Å². The minimum Gasteiger partial charge on any atom is -0.309 e. The van der Waals surface area contributed by atoms with Gasteiger partial charge in [0.2, 0.25) is 0 Å². The first-order valence-corrected chi connectivity index (χ1v) is 37.9. The van der Waals surface area contributed by atoms with Gasteiger partial charge >= 0.3 is 0 Å². The van der Waals surface area contributed by atoms with E-state index in [1.807, 2.05) is 59.3 Å². The first-order chi connectivity index (χ1) is 53.6. The van der Waals surface area contributed by atoms with Crippen LogP contribution in [0.4, 0.5) is 0 Å². The van der Waals surface area contributed by atoms with E-state index in [1.54, 1.807) is 0 Å². The van der Waals surface area contributed by atoms with E-state index in [-0.39, 0.29) is 0 Å². The number of benzene rings is 15. The van der Waals surface area contributed by atoms with Gasteiger partial charge in [0.05, 0.1) is 33.1 Å². The summed E-state index contributed by atoms with van der Waals surface area (Å²) >= 11 is 3.78. The van der Waals surface area contributed by atoms with Gasteiger partial charge in [0.1, 0.15) is 22.4 Å². The van der Waals surface area contributed by atoms with Crippen molar-refractivity contribution in [2.45, 2.75) is 0 Å². The summed E-state index contributed by atoms with van der Waals surface area (Å²) in [5.74, 6) is 1.33. The first kappa shape index (κ1) is 61.6. The largest absolute Gasteiger partial charge is 0.309 e. The molecule has 0 radical (unpaired) electrons. The zero-order chi connectivity index (χ0) is 70.9. The molecule has 0 unspecified atom stereocenters. The molecule has 0 aliphatic rings. The molecule has 23 aromatic rings. The number of thiophene rings is 2. The lowest BCUT2D eigenvalue weighted by Crippen LogP contribution is -1.99. The van der Waals surface area contributed by atoms with Crippen LogP contribution in [-0.4, -0.2) is 39.0 Å². The highest BCUT2D eigenvalue weighted by Gasteiger charge is 2.26. The highest BCUT2D eigenvalue weighted by atomic mass is 32.1. The molecule has 108 heavy (non-hydrogen) atoms. The van der Waals surface area contributed by atoms with E-state index in [1.165, 1.54) is 116 Å². The van der Waals surface area contributed by atoms with Crippen LogP contribution in [0.2, 0.25) is 0 Å². The van der Waals surface area contributed by atoms with Gasteiger partial charge in [-0.3, -0.25) is 9.97 Å². The summed E-state index contributed by atoms with van der Waals surface area (Å²) in [5.41, 5.74) is 20.2. The maximum Gasteiger partial charge on any atom is 0.160 e. The second kappa shape index (κ2) is 24.9. The van der Waals surface area contributed by atoms with E-state index in [2.05, 4.69) is 325 Å². The van der Waals surface area contributed by atoms with Gasteiger partial charge in [-0.1, -0.05) is 243 Å². The van der Waals surface area contributed by atoms with Gasteiger partial charge in [0.15, 0.2) is 11.6 Å². The molecule has 0 atom stereocenters. The third-order valence-electron chi connectivity index (χ3n) is 21.4. The Bertz CT molecular complexity index is 7590. The Kier molecular flexibility index (Phi) is 14.2. The molecule has 8 heterocycles. The number of pyridine rings is 2. The molecule has 0 saturated heterocycles. The lowest BCUT2D eigenvalue weighted by molar-refractivity contribution is 1.17. The maximum atomic E-state index is 5.39. The van der Waals surface area contributed by atoms with Crippen LogP contribution in [-0.2, 0) is 0 Å². The Morgan fingerprint density at radius 1 is 0.241 bits per heavy atom. The van der Waals surface area contributed by atoms with Gasteiger partial charge in [-0.25, -0.2) is 19.9 Å². The topological polar surface area (TPSA) is 87.2 Å². The summed E-state index contributed by atoms with van der Waals surface area (Å²) < 4.78 is 10.1. The molecule has 8 nitrogen and oxygen atoms in total. The molecule has 15 aromatic carbocycles. The van der Waals surface area contributed by atoms with Crippen LogP contribution in [0.1, 0.15) is 0 Å². The van der Waals surface area contributed by atoms with E-state index in [0.717, 1.165) is 89.3 Å². The number of fused-ring (bicyclic) bond motifs is 23. The fourth-order valence-corrected chi connectivity index (χ4v) is 19.2. The number of hydrogen-bond acceptors (Lipinski definition) is 8. The maximum absolute atomic E-state index is 5.39. The Labute approximate surface area is 626 Å². The molecule has 0 spiro atoms. The second-order valence-electron chi connectivity index (χ2n) is 27.6. The number of nitrogens with zero attached hydrogens (tertiary/aromatic N) is 8. The smallest absolute Gasteiger partial charge is 0.160 e. The zero-order valence-corrected chi connectivity index (χ0v) is 59.5.